The number of rotatable bonds is 3. The molecule has 0 aromatic heterocycles. The molecular weight excluding hydrogens is 218 g/mol. The van der Waals surface area contributed by atoms with Crippen LogP contribution in [0.3, 0.4) is 0 Å². The van der Waals surface area contributed by atoms with Crippen molar-refractivity contribution in [3.8, 4) is 0 Å². The number of amides is 2. The van der Waals surface area contributed by atoms with Crippen LogP contribution in [0.5, 0.6) is 0 Å². The van der Waals surface area contributed by atoms with Gasteiger partial charge < -0.3 is 10.6 Å². The molecule has 5 heteroatoms. The summed E-state index contributed by atoms with van der Waals surface area (Å²) in [5, 5.41) is 9.71. The molecule has 0 bridgehead atoms. The van der Waals surface area contributed by atoms with Gasteiger partial charge in [0.1, 0.15) is 0 Å². The second-order valence-electron chi connectivity index (χ2n) is 4.26. The fourth-order valence-corrected chi connectivity index (χ4v) is 2.04. The first-order valence-electron chi connectivity index (χ1n) is 5.76. The zero-order chi connectivity index (χ0) is 12.3. The van der Waals surface area contributed by atoms with Gasteiger partial charge in [-0.2, -0.15) is 0 Å². The zero-order valence-electron chi connectivity index (χ0n) is 9.67. The zero-order valence-corrected chi connectivity index (χ0v) is 9.67. The van der Waals surface area contributed by atoms with Gasteiger partial charge in [0.25, 0.3) is 0 Å². The van der Waals surface area contributed by atoms with Crippen molar-refractivity contribution in [2.24, 2.45) is 5.73 Å². The molecule has 2 rings (SSSR count). The number of primary amides is 1. The average molecular weight is 235 g/mol. The molecule has 0 spiro atoms. The van der Waals surface area contributed by atoms with Crippen LogP contribution in [0.15, 0.2) is 24.3 Å². The van der Waals surface area contributed by atoms with Crippen molar-refractivity contribution in [2.75, 3.05) is 18.0 Å². The summed E-state index contributed by atoms with van der Waals surface area (Å²) in [5.74, 6) is 0. The lowest BCUT2D eigenvalue weighted by Crippen LogP contribution is -2.32. The molecule has 2 amide bonds. The summed E-state index contributed by atoms with van der Waals surface area (Å²) in [4.78, 5) is 13.0. The first-order chi connectivity index (χ1) is 8.16. The number of nitrogens with zero attached hydrogens (tertiary/aromatic N) is 2. The van der Waals surface area contributed by atoms with Gasteiger partial charge in [-0.1, -0.05) is 12.1 Å². The van der Waals surface area contributed by atoms with Crippen LogP contribution < -0.4 is 10.6 Å². The smallest absolute Gasteiger partial charge is 0.338 e. The van der Waals surface area contributed by atoms with Crippen molar-refractivity contribution < 1.29 is 10.0 Å². The maximum Gasteiger partial charge on any atom is 0.338 e. The Hall–Kier alpha value is -1.75. The minimum atomic E-state index is -0.839. The molecule has 0 radical (unpaired) electrons. The third-order valence-corrected chi connectivity index (χ3v) is 2.99. The molecule has 1 saturated heterocycles. The Morgan fingerprint density at radius 2 is 1.88 bits per heavy atom. The molecule has 17 heavy (non-hydrogen) atoms. The van der Waals surface area contributed by atoms with Gasteiger partial charge >= 0.3 is 6.03 Å². The molecule has 3 N–H and O–H groups in total. The van der Waals surface area contributed by atoms with Crippen LogP contribution in [0.1, 0.15) is 18.4 Å². The standard InChI is InChI=1S/C12H17N3O2/c13-12(16)15(17)9-10-3-5-11(6-4-10)14-7-1-2-8-14/h3-6,17H,1-2,7-9H2,(H2,13,16). The van der Waals surface area contributed by atoms with Gasteiger partial charge in [-0.05, 0) is 30.5 Å². The number of urea groups is 1. The molecule has 0 aliphatic carbocycles. The largest absolute Gasteiger partial charge is 0.372 e. The van der Waals surface area contributed by atoms with E-state index in [1.54, 1.807) is 0 Å². The summed E-state index contributed by atoms with van der Waals surface area (Å²) in [6.45, 7) is 2.33. The topological polar surface area (TPSA) is 69.8 Å². The van der Waals surface area contributed by atoms with Crippen LogP contribution in [-0.4, -0.2) is 29.4 Å². The van der Waals surface area contributed by atoms with E-state index in [1.165, 1.54) is 18.5 Å². The van der Waals surface area contributed by atoms with E-state index in [4.69, 9.17) is 5.73 Å². The van der Waals surface area contributed by atoms with Crippen LogP contribution in [0.25, 0.3) is 0 Å². The molecule has 0 atom stereocenters. The van der Waals surface area contributed by atoms with Crippen LogP contribution in [0, 0.1) is 0 Å². The molecule has 5 nitrogen and oxygen atoms in total. The summed E-state index contributed by atoms with van der Waals surface area (Å²) in [6.07, 6.45) is 2.49. The van der Waals surface area contributed by atoms with Gasteiger partial charge in [0.2, 0.25) is 0 Å². The van der Waals surface area contributed by atoms with Crippen LogP contribution in [-0.2, 0) is 6.54 Å². The summed E-state index contributed by atoms with van der Waals surface area (Å²) in [5.41, 5.74) is 6.99. The van der Waals surface area contributed by atoms with Gasteiger partial charge in [-0.25, -0.2) is 9.86 Å². The molecule has 1 aromatic rings. The second-order valence-corrected chi connectivity index (χ2v) is 4.26. The van der Waals surface area contributed by atoms with Crippen LogP contribution >= 0.6 is 0 Å². The predicted octanol–water partition coefficient (Wildman–Crippen LogP) is 1.56. The average Bonchev–Trinajstić information content (AvgIpc) is 2.83. The van der Waals surface area contributed by atoms with Crippen LogP contribution in [0.4, 0.5) is 10.5 Å². The van der Waals surface area contributed by atoms with E-state index in [0.717, 1.165) is 18.7 Å². The Bertz CT molecular complexity index is 385. The SMILES string of the molecule is NC(=O)N(O)Cc1ccc(N2CCCC2)cc1. The van der Waals surface area contributed by atoms with Crippen molar-refractivity contribution in [1.29, 1.82) is 0 Å². The first kappa shape index (κ1) is 11.7. The Balaban J connectivity index is 2.00. The molecule has 0 saturated carbocycles. The van der Waals surface area contributed by atoms with E-state index in [-0.39, 0.29) is 6.54 Å². The second kappa shape index (κ2) is 5.05. The number of carbonyl (C=O) groups excluding carboxylic acids is 1. The highest BCUT2D eigenvalue weighted by Crippen LogP contribution is 2.20. The summed E-state index contributed by atoms with van der Waals surface area (Å²) in [6, 6.07) is 6.98. The normalized spacial score (nSPS) is 15.0. The van der Waals surface area contributed by atoms with Crippen molar-refractivity contribution >= 4 is 11.7 Å². The highest BCUT2D eigenvalue weighted by molar-refractivity contribution is 5.70. The van der Waals surface area contributed by atoms with Crippen molar-refractivity contribution in [2.45, 2.75) is 19.4 Å². The molecular formula is C12H17N3O2. The van der Waals surface area contributed by atoms with Gasteiger partial charge in [0, 0.05) is 18.8 Å². The number of anilines is 1. The highest BCUT2D eigenvalue weighted by Gasteiger charge is 2.12. The van der Waals surface area contributed by atoms with Crippen molar-refractivity contribution in [1.82, 2.24) is 5.06 Å². The number of hydroxylamine groups is 2. The highest BCUT2D eigenvalue weighted by atomic mass is 16.5. The van der Waals surface area contributed by atoms with Crippen LogP contribution in [0.2, 0.25) is 0 Å². The molecule has 1 aromatic carbocycles. The third-order valence-electron chi connectivity index (χ3n) is 2.99. The van der Waals surface area contributed by atoms with E-state index in [2.05, 4.69) is 4.90 Å². The monoisotopic (exact) mass is 235 g/mol. The molecule has 1 aliphatic rings. The third kappa shape index (κ3) is 2.88. The minimum absolute atomic E-state index is 0.121. The van der Waals surface area contributed by atoms with E-state index < -0.39 is 6.03 Å². The van der Waals surface area contributed by atoms with E-state index >= 15 is 0 Å². The fourth-order valence-electron chi connectivity index (χ4n) is 2.04. The number of benzene rings is 1. The summed E-state index contributed by atoms with van der Waals surface area (Å²) in [7, 11) is 0. The predicted molar refractivity (Wildman–Crippen MR) is 64.8 cm³/mol. The number of hydrogen-bond acceptors (Lipinski definition) is 3. The Morgan fingerprint density at radius 3 is 2.41 bits per heavy atom. The molecule has 1 fully saturated rings. The fraction of sp³-hybridized carbons (Fsp3) is 0.417. The van der Waals surface area contributed by atoms with Gasteiger partial charge in [-0.3, -0.25) is 5.21 Å². The van der Waals surface area contributed by atoms with Crippen molar-refractivity contribution in [3.63, 3.8) is 0 Å². The molecule has 0 unspecified atom stereocenters. The molecule has 92 valence electrons. The van der Waals surface area contributed by atoms with E-state index in [1.807, 2.05) is 24.3 Å². The van der Waals surface area contributed by atoms with E-state index in [9.17, 15) is 10.0 Å². The Morgan fingerprint density at radius 1 is 1.29 bits per heavy atom. The maximum absolute atomic E-state index is 10.7. The molecule has 1 aliphatic heterocycles. The van der Waals surface area contributed by atoms with Crippen molar-refractivity contribution in [3.05, 3.63) is 29.8 Å². The minimum Gasteiger partial charge on any atom is -0.372 e. The lowest BCUT2D eigenvalue weighted by atomic mass is 10.2. The Labute approximate surface area is 100 Å². The molecule has 1 heterocycles. The van der Waals surface area contributed by atoms with Gasteiger partial charge in [-0.15, -0.1) is 0 Å². The number of nitrogens with two attached hydrogens (primary N) is 1. The number of carbonyl (C=O) groups is 1. The maximum atomic E-state index is 10.7. The quantitative estimate of drug-likeness (QED) is 0.617. The summed E-state index contributed by atoms with van der Waals surface area (Å²) < 4.78 is 0. The first-order valence-corrected chi connectivity index (χ1v) is 5.76. The lowest BCUT2D eigenvalue weighted by molar-refractivity contribution is -0.0470. The lowest BCUT2D eigenvalue weighted by Gasteiger charge is -2.18. The Kier molecular flexibility index (Phi) is 3.49. The van der Waals surface area contributed by atoms with Gasteiger partial charge in [0.05, 0.1) is 6.54 Å². The number of hydrogen-bond donors (Lipinski definition) is 2. The van der Waals surface area contributed by atoms with Gasteiger partial charge in [0.15, 0.2) is 0 Å². The van der Waals surface area contributed by atoms with E-state index in [0.29, 0.717) is 5.06 Å². The summed E-state index contributed by atoms with van der Waals surface area (Å²) >= 11 is 0.